The second-order valence-electron chi connectivity index (χ2n) is 5.25. The Morgan fingerprint density at radius 1 is 1.23 bits per heavy atom. The zero-order valence-electron chi connectivity index (χ0n) is 13.3. The molecule has 1 heterocycles. The van der Waals surface area contributed by atoms with E-state index < -0.39 is 10.9 Å². The summed E-state index contributed by atoms with van der Waals surface area (Å²) < 4.78 is 11.0. The molecule has 0 spiro atoms. The molecule has 0 unspecified atom stereocenters. The number of carbonyl (C=O) groups excluding carboxylic acids is 1. The van der Waals surface area contributed by atoms with Crippen LogP contribution in [0, 0.1) is 10.1 Å². The number of para-hydroxylation sites is 1. The minimum absolute atomic E-state index is 0.126. The third-order valence-corrected chi connectivity index (χ3v) is 3.92. The van der Waals surface area contributed by atoms with Gasteiger partial charge in [0.2, 0.25) is 5.82 Å². The molecule has 2 aromatic carbocycles. The van der Waals surface area contributed by atoms with Crippen LogP contribution in [0.4, 0.5) is 5.69 Å². The number of halogens is 1. The number of esters is 1. The van der Waals surface area contributed by atoms with Gasteiger partial charge in [-0.25, -0.2) is 0 Å². The molecule has 0 amide bonds. The fraction of sp³-hybridized carbons (Fsp3) is 0.118. The molecule has 0 saturated carbocycles. The Bertz CT molecular complexity index is 957. The highest BCUT2D eigenvalue weighted by molar-refractivity contribution is 9.10. The van der Waals surface area contributed by atoms with Gasteiger partial charge in [-0.3, -0.25) is 14.9 Å². The van der Waals surface area contributed by atoms with Crippen LogP contribution in [0.5, 0.6) is 0 Å². The van der Waals surface area contributed by atoms with E-state index in [1.54, 1.807) is 6.07 Å². The van der Waals surface area contributed by atoms with E-state index in [-0.39, 0.29) is 30.2 Å². The van der Waals surface area contributed by atoms with Gasteiger partial charge in [0.15, 0.2) is 6.61 Å². The smallest absolute Gasteiger partial charge is 0.311 e. The number of hydrogen-bond acceptors (Lipinski definition) is 7. The first kappa shape index (κ1) is 17.7. The Kier molecular flexibility index (Phi) is 5.37. The topological polar surface area (TPSA) is 108 Å². The quantitative estimate of drug-likeness (QED) is 0.341. The van der Waals surface area contributed by atoms with Gasteiger partial charge in [0.1, 0.15) is 0 Å². The average molecular weight is 418 g/mol. The number of carbonyl (C=O) groups is 1. The highest BCUT2D eigenvalue weighted by Crippen LogP contribution is 2.21. The van der Waals surface area contributed by atoms with Gasteiger partial charge in [0, 0.05) is 21.7 Å². The predicted octanol–water partition coefficient (Wildman–Crippen LogP) is 3.69. The standard InChI is InChI=1S/C17H12BrN3O5/c18-13-6-3-5-12(8-13)17-19-15(26-20-17)10-25-16(22)9-11-4-1-2-7-14(11)21(23)24/h1-8H,9-10H2. The Morgan fingerprint density at radius 3 is 2.81 bits per heavy atom. The van der Waals surface area contributed by atoms with Crippen molar-refractivity contribution in [2.24, 2.45) is 0 Å². The molecule has 26 heavy (non-hydrogen) atoms. The summed E-state index contributed by atoms with van der Waals surface area (Å²) in [5, 5.41) is 14.8. The normalized spacial score (nSPS) is 10.5. The molecular weight excluding hydrogens is 406 g/mol. The van der Waals surface area contributed by atoms with Crippen molar-refractivity contribution < 1.29 is 19.0 Å². The van der Waals surface area contributed by atoms with Gasteiger partial charge in [-0.1, -0.05) is 51.4 Å². The lowest BCUT2D eigenvalue weighted by Gasteiger charge is -2.03. The summed E-state index contributed by atoms with van der Waals surface area (Å²) in [6.45, 7) is -0.208. The zero-order valence-corrected chi connectivity index (χ0v) is 14.9. The molecule has 9 heteroatoms. The number of nitrogens with zero attached hydrogens (tertiary/aromatic N) is 3. The summed E-state index contributed by atoms with van der Waals surface area (Å²) in [6, 6.07) is 13.4. The average Bonchev–Trinajstić information content (AvgIpc) is 3.09. The molecule has 0 atom stereocenters. The van der Waals surface area contributed by atoms with Crippen LogP contribution in [0.2, 0.25) is 0 Å². The third-order valence-electron chi connectivity index (χ3n) is 3.43. The number of hydrogen-bond donors (Lipinski definition) is 0. The largest absolute Gasteiger partial charge is 0.455 e. The van der Waals surface area contributed by atoms with Crippen molar-refractivity contribution in [3.63, 3.8) is 0 Å². The van der Waals surface area contributed by atoms with Crippen LogP contribution in [0.25, 0.3) is 11.4 Å². The van der Waals surface area contributed by atoms with Gasteiger partial charge in [-0.2, -0.15) is 4.98 Å². The van der Waals surface area contributed by atoms with Crippen LogP contribution in [0.3, 0.4) is 0 Å². The van der Waals surface area contributed by atoms with Crippen LogP contribution >= 0.6 is 15.9 Å². The third kappa shape index (κ3) is 4.31. The molecular formula is C17H12BrN3O5. The Labute approximate surface area is 156 Å². The van der Waals surface area contributed by atoms with E-state index in [0.717, 1.165) is 10.0 Å². The van der Waals surface area contributed by atoms with Gasteiger partial charge >= 0.3 is 5.97 Å². The maximum absolute atomic E-state index is 11.9. The monoisotopic (exact) mass is 417 g/mol. The highest BCUT2D eigenvalue weighted by Gasteiger charge is 2.17. The molecule has 3 rings (SSSR count). The van der Waals surface area contributed by atoms with Crippen molar-refractivity contribution in [3.8, 4) is 11.4 Å². The maximum atomic E-state index is 11.9. The summed E-state index contributed by atoms with van der Waals surface area (Å²) in [5.74, 6) is -0.117. The molecule has 0 aliphatic heterocycles. The van der Waals surface area contributed by atoms with E-state index in [9.17, 15) is 14.9 Å². The van der Waals surface area contributed by atoms with E-state index in [2.05, 4.69) is 26.1 Å². The lowest BCUT2D eigenvalue weighted by Crippen LogP contribution is -2.09. The van der Waals surface area contributed by atoms with Gasteiger partial charge in [0.25, 0.3) is 11.6 Å². The number of aromatic nitrogens is 2. The fourth-order valence-electron chi connectivity index (χ4n) is 2.25. The van der Waals surface area contributed by atoms with Crippen molar-refractivity contribution in [1.82, 2.24) is 10.1 Å². The number of ether oxygens (including phenoxy) is 1. The number of rotatable bonds is 6. The molecule has 8 nitrogen and oxygen atoms in total. The van der Waals surface area contributed by atoms with Gasteiger partial charge in [-0.05, 0) is 12.1 Å². The van der Waals surface area contributed by atoms with Crippen LogP contribution in [-0.2, 0) is 22.6 Å². The van der Waals surface area contributed by atoms with Crippen molar-refractivity contribution in [3.05, 3.63) is 74.6 Å². The minimum atomic E-state index is -0.624. The zero-order chi connectivity index (χ0) is 18.5. The van der Waals surface area contributed by atoms with E-state index in [0.29, 0.717) is 5.82 Å². The van der Waals surface area contributed by atoms with E-state index in [4.69, 9.17) is 9.26 Å². The molecule has 3 aromatic rings. The lowest BCUT2D eigenvalue weighted by molar-refractivity contribution is -0.385. The maximum Gasteiger partial charge on any atom is 0.311 e. The van der Waals surface area contributed by atoms with E-state index >= 15 is 0 Å². The molecule has 0 aliphatic carbocycles. The SMILES string of the molecule is O=C(Cc1ccccc1[N+](=O)[O-])OCc1nc(-c2cccc(Br)c2)no1. The van der Waals surface area contributed by atoms with E-state index in [1.165, 1.54) is 18.2 Å². The number of benzene rings is 2. The molecule has 1 aromatic heterocycles. The van der Waals surface area contributed by atoms with Crippen LogP contribution < -0.4 is 0 Å². The number of nitro groups is 1. The Hall–Kier alpha value is -3.07. The summed E-state index contributed by atoms with van der Waals surface area (Å²) in [4.78, 5) is 26.5. The second-order valence-corrected chi connectivity index (χ2v) is 6.16. The molecule has 0 saturated heterocycles. The molecule has 0 N–H and O–H groups in total. The predicted molar refractivity (Wildman–Crippen MR) is 94.0 cm³/mol. The first-order valence-corrected chi connectivity index (χ1v) is 8.28. The Morgan fingerprint density at radius 2 is 2.04 bits per heavy atom. The van der Waals surface area contributed by atoms with Gasteiger partial charge in [0.05, 0.1) is 11.3 Å². The molecule has 132 valence electrons. The van der Waals surface area contributed by atoms with Crippen molar-refractivity contribution in [2.45, 2.75) is 13.0 Å². The summed E-state index contributed by atoms with van der Waals surface area (Å²) in [5.41, 5.74) is 0.905. The Balaban J connectivity index is 1.61. The molecule has 0 bridgehead atoms. The van der Waals surface area contributed by atoms with Gasteiger partial charge < -0.3 is 9.26 Å². The van der Waals surface area contributed by atoms with Crippen LogP contribution in [-0.4, -0.2) is 21.0 Å². The number of nitro benzene ring substituents is 1. The van der Waals surface area contributed by atoms with Crippen molar-refractivity contribution in [1.29, 1.82) is 0 Å². The van der Waals surface area contributed by atoms with E-state index in [1.807, 2.05) is 24.3 Å². The van der Waals surface area contributed by atoms with Gasteiger partial charge in [-0.15, -0.1) is 0 Å². The summed E-state index contributed by atoms with van der Waals surface area (Å²) in [7, 11) is 0. The molecule has 0 fully saturated rings. The minimum Gasteiger partial charge on any atom is -0.455 e. The molecule has 0 radical (unpaired) electrons. The highest BCUT2D eigenvalue weighted by atomic mass is 79.9. The van der Waals surface area contributed by atoms with Crippen molar-refractivity contribution in [2.75, 3.05) is 0 Å². The van der Waals surface area contributed by atoms with Crippen molar-refractivity contribution >= 4 is 27.6 Å². The molecule has 0 aliphatic rings. The van der Waals surface area contributed by atoms with Crippen LogP contribution in [0.1, 0.15) is 11.5 Å². The summed E-state index contributed by atoms with van der Waals surface area (Å²) >= 11 is 3.36. The summed E-state index contributed by atoms with van der Waals surface area (Å²) in [6.07, 6.45) is -0.218. The first-order valence-electron chi connectivity index (χ1n) is 7.49. The second kappa shape index (κ2) is 7.87. The fourth-order valence-corrected chi connectivity index (χ4v) is 2.64. The first-order chi connectivity index (χ1) is 12.5. The lowest BCUT2D eigenvalue weighted by atomic mass is 10.1. The van der Waals surface area contributed by atoms with Crippen LogP contribution in [0.15, 0.2) is 57.5 Å².